The van der Waals surface area contributed by atoms with Crippen LogP contribution in [0, 0.1) is 0 Å². The van der Waals surface area contributed by atoms with Crippen LogP contribution in [0.4, 0.5) is 13.2 Å². The number of alkyl halides is 3. The second kappa shape index (κ2) is 4.45. The van der Waals surface area contributed by atoms with E-state index in [1.165, 1.54) is 12.1 Å². The molecule has 1 N–H and O–H groups in total. The number of rotatable bonds is 1. The Morgan fingerprint density at radius 1 is 1.22 bits per heavy atom. The Labute approximate surface area is 104 Å². The zero-order valence-electron chi connectivity index (χ0n) is 8.75. The predicted molar refractivity (Wildman–Crippen MR) is 60.3 cm³/mol. The van der Waals surface area contributed by atoms with Gasteiger partial charge in [-0.1, -0.05) is 23.7 Å². The minimum absolute atomic E-state index is 0.0238. The molecule has 1 aromatic carbocycles. The van der Waals surface area contributed by atoms with Crippen LogP contribution in [0.15, 0.2) is 35.1 Å². The molecule has 94 valence electrons. The van der Waals surface area contributed by atoms with Gasteiger partial charge in [0.2, 0.25) is 5.43 Å². The lowest BCUT2D eigenvalue weighted by Crippen LogP contribution is -2.09. The third kappa shape index (κ3) is 2.53. The molecule has 18 heavy (non-hydrogen) atoms. The van der Waals surface area contributed by atoms with Gasteiger partial charge in [-0.05, 0) is 12.1 Å². The van der Waals surface area contributed by atoms with Crippen molar-refractivity contribution in [2.24, 2.45) is 0 Å². The van der Waals surface area contributed by atoms with Gasteiger partial charge in [0.25, 0.3) is 0 Å². The van der Waals surface area contributed by atoms with Crippen molar-refractivity contribution in [2.45, 2.75) is 6.18 Å². The van der Waals surface area contributed by atoms with Crippen molar-refractivity contribution in [3.63, 3.8) is 0 Å². The van der Waals surface area contributed by atoms with Crippen molar-refractivity contribution in [1.82, 2.24) is 10.2 Å². The van der Waals surface area contributed by atoms with Crippen LogP contribution in [-0.2, 0) is 6.18 Å². The lowest BCUT2D eigenvalue weighted by atomic mass is 10.1. The highest BCUT2D eigenvalue weighted by atomic mass is 35.5. The summed E-state index contributed by atoms with van der Waals surface area (Å²) in [5.74, 6) is 0. The maximum atomic E-state index is 12.5. The van der Waals surface area contributed by atoms with Gasteiger partial charge in [-0.15, -0.1) is 0 Å². The van der Waals surface area contributed by atoms with Crippen molar-refractivity contribution in [1.29, 1.82) is 0 Å². The first-order chi connectivity index (χ1) is 8.38. The minimum Gasteiger partial charge on any atom is -0.287 e. The molecule has 0 saturated heterocycles. The third-order valence-electron chi connectivity index (χ3n) is 2.23. The normalized spacial score (nSPS) is 11.6. The van der Waals surface area contributed by atoms with E-state index in [2.05, 4.69) is 10.2 Å². The fourth-order valence-corrected chi connectivity index (χ4v) is 1.57. The van der Waals surface area contributed by atoms with E-state index in [0.29, 0.717) is 0 Å². The van der Waals surface area contributed by atoms with Crippen LogP contribution in [0.1, 0.15) is 5.56 Å². The summed E-state index contributed by atoms with van der Waals surface area (Å²) < 4.78 is 37.6. The zero-order chi connectivity index (χ0) is 13.3. The molecule has 1 aromatic heterocycles. The van der Waals surface area contributed by atoms with Crippen molar-refractivity contribution < 1.29 is 13.2 Å². The number of H-pyrrole nitrogens is 1. The molecule has 0 spiro atoms. The van der Waals surface area contributed by atoms with Crippen LogP contribution in [-0.4, -0.2) is 10.2 Å². The van der Waals surface area contributed by atoms with Crippen molar-refractivity contribution >= 4 is 11.6 Å². The van der Waals surface area contributed by atoms with Crippen LogP contribution >= 0.6 is 11.6 Å². The SMILES string of the molecule is O=c1cc(Cl)[nH]nc1-c1cccc(C(F)(F)F)c1. The number of nitrogens with one attached hydrogen (secondary N) is 1. The molecule has 0 fully saturated rings. The average Bonchev–Trinajstić information content (AvgIpc) is 2.28. The van der Waals surface area contributed by atoms with Gasteiger partial charge in [0, 0.05) is 11.6 Å². The van der Waals surface area contributed by atoms with Gasteiger partial charge >= 0.3 is 6.18 Å². The Hall–Kier alpha value is -1.82. The Balaban J connectivity index is 2.55. The first kappa shape index (κ1) is 12.6. The first-order valence-corrected chi connectivity index (χ1v) is 5.18. The molecule has 0 saturated carbocycles. The van der Waals surface area contributed by atoms with Gasteiger partial charge in [-0.2, -0.15) is 18.3 Å². The molecule has 1 heterocycles. The van der Waals surface area contributed by atoms with Gasteiger partial charge in [0.05, 0.1) is 5.56 Å². The quantitative estimate of drug-likeness (QED) is 0.868. The van der Waals surface area contributed by atoms with Gasteiger partial charge in [-0.25, -0.2) is 0 Å². The van der Waals surface area contributed by atoms with E-state index in [9.17, 15) is 18.0 Å². The summed E-state index contributed by atoms with van der Waals surface area (Å²) >= 11 is 5.51. The standard InChI is InChI=1S/C11H6ClF3N2O/c12-9-5-8(18)10(17-16-9)6-2-1-3-7(4-6)11(13,14)15/h1-5H,(H,16,18). The third-order valence-corrected chi connectivity index (χ3v) is 2.42. The van der Waals surface area contributed by atoms with E-state index in [-0.39, 0.29) is 16.4 Å². The van der Waals surface area contributed by atoms with Crippen LogP contribution < -0.4 is 5.43 Å². The van der Waals surface area contributed by atoms with Crippen molar-refractivity contribution in [3.8, 4) is 11.3 Å². The number of hydrogen-bond acceptors (Lipinski definition) is 2. The number of aromatic nitrogens is 2. The van der Waals surface area contributed by atoms with Crippen LogP contribution in [0.3, 0.4) is 0 Å². The molecule has 0 aliphatic rings. The smallest absolute Gasteiger partial charge is 0.287 e. The molecule has 0 radical (unpaired) electrons. The molecule has 0 bridgehead atoms. The van der Waals surface area contributed by atoms with E-state index in [1.54, 1.807) is 0 Å². The molecule has 3 nitrogen and oxygen atoms in total. The van der Waals surface area contributed by atoms with Gasteiger partial charge in [0.15, 0.2) is 0 Å². The lowest BCUT2D eigenvalue weighted by Gasteiger charge is -2.07. The van der Waals surface area contributed by atoms with Crippen LogP contribution in [0.5, 0.6) is 0 Å². The number of hydrogen-bond donors (Lipinski definition) is 1. The average molecular weight is 275 g/mol. The molecule has 2 rings (SSSR count). The highest BCUT2D eigenvalue weighted by Gasteiger charge is 2.30. The fourth-order valence-electron chi connectivity index (χ4n) is 1.43. The first-order valence-electron chi connectivity index (χ1n) is 4.81. The zero-order valence-corrected chi connectivity index (χ0v) is 9.51. The summed E-state index contributed by atoms with van der Waals surface area (Å²) in [5, 5.41) is 5.99. The second-order valence-corrected chi connectivity index (χ2v) is 3.91. The van der Waals surface area contributed by atoms with E-state index in [0.717, 1.165) is 18.2 Å². The predicted octanol–water partition coefficient (Wildman–Crippen LogP) is 3.11. The number of halogens is 4. The molecular formula is C11H6ClF3N2O. The molecule has 0 amide bonds. The largest absolute Gasteiger partial charge is 0.416 e. The van der Waals surface area contributed by atoms with Crippen LogP contribution in [0.2, 0.25) is 5.15 Å². The Kier molecular flexibility index (Phi) is 3.13. The molecule has 2 aromatic rings. The number of nitrogens with zero attached hydrogens (tertiary/aromatic N) is 1. The molecule has 7 heteroatoms. The number of aromatic amines is 1. The van der Waals surface area contributed by atoms with Gasteiger partial charge < -0.3 is 0 Å². The summed E-state index contributed by atoms with van der Waals surface area (Å²) in [5.41, 5.74) is -1.40. The summed E-state index contributed by atoms with van der Waals surface area (Å²) in [6, 6.07) is 5.44. The second-order valence-electron chi connectivity index (χ2n) is 3.51. The highest BCUT2D eigenvalue weighted by molar-refractivity contribution is 6.29. The maximum absolute atomic E-state index is 12.5. The Morgan fingerprint density at radius 3 is 2.56 bits per heavy atom. The number of benzene rings is 1. The highest BCUT2D eigenvalue weighted by Crippen LogP contribution is 2.31. The molecular weight excluding hydrogens is 269 g/mol. The topological polar surface area (TPSA) is 45.8 Å². The minimum atomic E-state index is -4.46. The summed E-state index contributed by atoms with van der Waals surface area (Å²) in [6.07, 6.45) is -4.46. The van der Waals surface area contributed by atoms with Crippen LogP contribution in [0.25, 0.3) is 11.3 Å². The summed E-state index contributed by atoms with van der Waals surface area (Å²) in [6.45, 7) is 0. The summed E-state index contributed by atoms with van der Waals surface area (Å²) in [7, 11) is 0. The monoisotopic (exact) mass is 274 g/mol. The lowest BCUT2D eigenvalue weighted by molar-refractivity contribution is -0.137. The summed E-state index contributed by atoms with van der Waals surface area (Å²) in [4.78, 5) is 11.6. The fraction of sp³-hybridized carbons (Fsp3) is 0.0909. The van der Waals surface area contributed by atoms with E-state index in [4.69, 9.17) is 11.6 Å². The Bertz CT molecular complexity index is 637. The van der Waals surface area contributed by atoms with Crippen molar-refractivity contribution in [3.05, 3.63) is 51.3 Å². The van der Waals surface area contributed by atoms with E-state index < -0.39 is 17.2 Å². The maximum Gasteiger partial charge on any atom is 0.416 e. The van der Waals surface area contributed by atoms with E-state index >= 15 is 0 Å². The van der Waals surface area contributed by atoms with Gasteiger partial charge in [-0.3, -0.25) is 9.89 Å². The van der Waals surface area contributed by atoms with E-state index in [1.807, 2.05) is 0 Å². The molecule has 0 aliphatic carbocycles. The Morgan fingerprint density at radius 2 is 1.94 bits per heavy atom. The van der Waals surface area contributed by atoms with Crippen molar-refractivity contribution in [2.75, 3.05) is 0 Å². The molecule has 0 aliphatic heterocycles. The van der Waals surface area contributed by atoms with Gasteiger partial charge in [0.1, 0.15) is 10.8 Å². The molecule has 0 atom stereocenters. The molecule has 0 unspecified atom stereocenters.